The quantitative estimate of drug-likeness (QED) is 0.575. The van der Waals surface area contributed by atoms with E-state index in [4.69, 9.17) is 9.47 Å². The number of nitrogens with zero attached hydrogens (tertiary/aromatic N) is 1. The van der Waals surface area contributed by atoms with E-state index in [0.717, 1.165) is 35.7 Å². The van der Waals surface area contributed by atoms with Crippen LogP contribution in [0.2, 0.25) is 0 Å². The molecule has 3 nitrogen and oxygen atoms in total. The summed E-state index contributed by atoms with van der Waals surface area (Å²) in [5.41, 5.74) is 3.07. The number of methoxy groups -OCH3 is 1. The van der Waals surface area contributed by atoms with E-state index in [1.54, 1.807) is 7.11 Å². The minimum absolute atomic E-state index is 0. The van der Waals surface area contributed by atoms with Crippen LogP contribution in [0.4, 0.5) is 0 Å². The van der Waals surface area contributed by atoms with Crippen molar-refractivity contribution in [2.75, 3.05) is 27.4 Å². The Labute approximate surface area is 152 Å². The Morgan fingerprint density at radius 1 is 1.19 bits per heavy atom. The van der Waals surface area contributed by atoms with E-state index in [1.807, 2.05) is 48.4 Å². The van der Waals surface area contributed by atoms with Gasteiger partial charge in [-0.1, -0.05) is 17.8 Å². The molecule has 1 aliphatic rings. The minimum atomic E-state index is 0. The summed E-state index contributed by atoms with van der Waals surface area (Å²) in [5.74, 6) is 0.873. The van der Waals surface area contributed by atoms with E-state index < -0.39 is 0 Å². The Kier molecular flexibility index (Phi) is 7.94. The molecular weight excluding hydrogens is 339 g/mol. The minimum Gasteiger partial charge on any atom is -0.494 e. The Morgan fingerprint density at radius 3 is 2.57 bits per heavy atom. The Hall–Kier alpha value is -0.896. The zero-order valence-corrected chi connectivity index (χ0v) is 15.5. The summed E-state index contributed by atoms with van der Waals surface area (Å²) in [4.78, 5) is 2.02. The average Bonchev–Trinajstić information content (AvgIpc) is 2.47. The molecule has 1 aliphatic heterocycles. The molecule has 0 amide bonds. The summed E-state index contributed by atoms with van der Waals surface area (Å²) >= 11 is 0. The van der Waals surface area contributed by atoms with Gasteiger partial charge in [0, 0.05) is 59.9 Å². The van der Waals surface area contributed by atoms with Crippen LogP contribution in [0.3, 0.4) is 0 Å². The van der Waals surface area contributed by atoms with Crippen molar-refractivity contribution in [1.82, 2.24) is 4.90 Å². The van der Waals surface area contributed by atoms with Crippen molar-refractivity contribution in [2.45, 2.75) is 6.42 Å². The Bertz CT molecular complexity index is 520. The number of rotatable bonds is 6. The smallest absolute Gasteiger partial charge is 0.117 e. The number of hydrogen-bond acceptors (Lipinski definition) is 3. The maximum absolute atomic E-state index is 5.64. The summed E-state index contributed by atoms with van der Waals surface area (Å²) in [5, 5.41) is 0. The predicted molar refractivity (Wildman–Crippen MR) is 81.1 cm³/mol. The van der Waals surface area contributed by atoms with Crippen molar-refractivity contribution in [3.63, 3.8) is 0 Å². The average molecular weight is 359 g/mol. The molecule has 1 radical (unpaired) electrons. The van der Waals surface area contributed by atoms with Gasteiger partial charge in [-0.05, 0) is 17.8 Å². The zero-order valence-electron chi connectivity index (χ0n) is 12.6. The summed E-state index contributed by atoms with van der Waals surface area (Å²) in [6.07, 6.45) is 7.97. The number of benzene rings is 1. The molecule has 0 saturated heterocycles. The summed E-state index contributed by atoms with van der Waals surface area (Å²) in [6.45, 7) is 5.38. The van der Waals surface area contributed by atoms with Crippen LogP contribution >= 0.6 is 0 Å². The first-order chi connectivity index (χ1) is 9.72. The van der Waals surface area contributed by atoms with Gasteiger partial charge in [0.15, 0.2) is 0 Å². The van der Waals surface area contributed by atoms with Crippen LogP contribution < -0.4 is 4.74 Å². The van der Waals surface area contributed by atoms with E-state index in [0.29, 0.717) is 6.61 Å². The van der Waals surface area contributed by atoms with E-state index >= 15 is 0 Å². The second-order valence-electron chi connectivity index (χ2n) is 4.60. The second kappa shape index (κ2) is 9.19. The number of hydrogen-bond donors (Lipinski definition) is 0. The van der Waals surface area contributed by atoms with E-state index in [1.165, 1.54) is 0 Å². The fraction of sp³-hybridized carbons (Fsp3) is 0.294. The van der Waals surface area contributed by atoms with E-state index in [2.05, 4.69) is 12.7 Å². The molecule has 0 saturated carbocycles. The predicted octanol–water partition coefficient (Wildman–Crippen LogP) is 3.26. The zero-order chi connectivity index (χ0) is 14.4. The molecule has 0 atom stereocenters. The molecule has 0 aliphatic carbocycles. The maximum Gasteiger partial charge on any atom is 0.117 e. The van der Waals surface area contributed by atoms with Crippen molar-refractivity contribution in [2.24, 2.45) is 0 Å². The number of allylic oxidation sites excluding steroid dienone is 3. The van der Waals surface area contributed by atoms with Gasteiger partial charge in [-0.3, -0.25) is 0 Å². The fourth-order valence-electron chi connectivity index (χ4n) is 1.95. The van der Waals surface area contributed by atoms with Crippen molar-refractivity contribution in [1.29, 1.82) is 0 Å². The summed E-state index contributed by atoms with van der Waals surface area (Å²) < 4.78 is 10.6. The molecule has 1 heterocycles. The molecule has 21 heavy (non-hydrogen) atoms. The standard InChI is InChI=1S/C17H20NO2.Y/c1-14-6-4-7-17(18(14)2)15-8-10-16(11-9-15)20-13-5-12-19-3;/h4,6,8-11H,1,5,12-13H2,2-3H3;/q-1;. The Balaban J connectivity index is 0.00000220. The van der Waals surface area contributed by atoms with Gasteiger partial charge in [0.25, 0.3) is 0 Å². The SMILES string of the molecule is C=C1C=C[C-]=C(c2ccc(OCCCOC)cc2)N1C.[Y]. The first kappa shape index (κ1) is 18.2. The van der Waals surface area contributed by atoms with Crippen LogP contribution in [0.15, 0.2) is 48.7 Å². The van der Waals surface area contributed by atoms with Gasteiger partial charge in [0.2, 0.25) is 0 Å². The largest absolute Gasteiger partial charge is 0.494 e. The third-order valence-electron chi connectivity index (χ3n) is 3.15. The molecule has 0 unspecified atom stereocenters. The van der Waals surface area contributed by atoms with Crippen LogP contribution in [-0.4, -0.2) is 32.3 Å². The van der Waals surface area contributed by atoms with Gasteiger partial charge in [-0.2, -0.15) is 12.2 Å². The van der Waals surface area contributed by atoms with Crippen molar-refractivity contribution in [3.05, 3.63) is 60.3 Å². The van der Waals surface area contributed by atoms with Crippen molar-refractivity contribution >= 4 is 5.70 Å². The second-order valence-corrected chi connectivity index (χ2v) is 4.60. The molecule has 4 heteroatoms. The summed E-state index contributed by atoms with van der Waals surface area (Å²) in [7, 11) is 3.69. The van der Waals surface area contributed by atoms with Gasteiger partial charge >= 0.3 is 0 Å². The summed E-state index contributed by atoms with van der Waals surface area (Å²) in [6, 6.07) is 8.03. The molecule has 2 rings (SSSR count). The van der Waals surface area contributed by atoms with Crippen LogP contribution in [-0.2, 0) is 37.4 Å². The van der Waals surface area contributed by atoms with Crippen LogP contribution in [0.5, 0.6) is 5.75 Å². The van der Waals surface area contributed by atoms with E-state index in [-0.39, 0.29) is 32.7 Å². The fourth-order valence-corrected chi connectivity index (χ4v) is 1.95. The van der Waals surface area contributed by atoms with Crippen molar-refractivity contribution in [3.8, 4) is 5.75 Å². The van der Waals surface area contributed by atoms with Crippen LogP contribution in [0, 0.1) is 6.08 Å². The normalized spacial score (nSPS) is 13.7. The molecule has 0 fully saturated rings. The molecule has 1 aromatic carbocycles. The molecule has 109 valence electrons. The van der Waals surface area contributed by atoms with Crippen LogP contribution in [0.1, 0.15) is 12.0 Å². The van der Waals surface area contributed by atoms with E-state index in [9.17, 15) is 0 Å². The Morgan fingerprint density at radius 2 is 1.90 bits per heavy atom. The number of likely N-dealkylation sites (N-methyl/N-ethyl adjacent to an activating group) is 1. The molecule has 0 aromatic heterocycles. The van der Waals surface area contributed by atoms with Crippen LogP contribution in [0.25, 0.3) is 5.70 Å². The first-order valence-electron chi connectivity index (χ1n) is 6.67. The third kappa shape index (κ3) is 5.10. The van der Waals surface area contributed by atoms with Gasteiger partial charge < -0.3 is 14.4 Å². The molecule has 1 aromatic rings. The third-order valence-corrected chi connectivity index (χ3v) is 3.15. The topological polar surface area (TPSA) is 21.7 Å². The number of ether oxygens (including phenoxy) is 2. The monoisotopic (exact) mass is 359 g/mol. The van der Waals surface area contributed by atoms with Gasteiger partial charge in [-0.15, -0.1) is 18.2 Å². The van der Waals surface area contributed by atoms with Gasteiger partial charge in [-0.25, -0.2) is 0 Å². The molecular formula is C17H20NO2Y-. The molecule has 0 bridgehead atoms. The maximum atomic E-state index is 5.64. The first-order valence-corrected chi connectivity index (χ1v) is 6.67. The molecule has 0 N–H and O–H groups in total. The molecule has 0 spiro atoms. The van der Waals surface area contributed by atoms with Crippen molar-refractivity contribution < 1.29 is 42.2 Å². The van der Waals surface area contributed by atoms with Gasteiger partial charge in [0.1, 0.15) is 5.75 Å². The van der Waals surface area contributed by atoms with Gasteiger partial charge in [0.05, 0.1) is 6.61 Å².